The molecule has 9 heteroatoms. The van der Waals surface area contributed by atoms with Gasteiger partial charge in [-0.05, 0) is 26.0 Å². The molecule has 26 heavy (non-hydrogen) atoms. The van der Waals surface area contributed by atoms with Gasteiger partial charge in [0.2, 0.25) is 0 Å². The molecule has 136 valence electrons. The Morgan fingerprint density at radius 1 is 1.38 bits per heavy atom. The van der Waals surface area contributed by atoms with Crippen LogP contribution < -0.4 is 5.32 Å². The zero-order chi connectivity index (χ0) is 18.5. The molecule has 0 spiro atoms. The van der Waals surface area contributed by atoms with Gasteiger partial charge in [-0.3, -0.25) is 4.98 Å². The van der Waals surface area contributed by atoms with Gasteiger partial charge in [-0.2, -0.15) is 5.10 Å². The summed E-state index contributed by atoms with van der Waals surface area (Å²) in [5.74, 6) is 1.31. The summed E-state index contributed by atoms with van der Waals surface area (Å²) < 4.78 is 7.09. The first-order valence-electron chi connectivity index (χ1n) is 8.33. The number of nitrogens with one attached hydrogen (secondary N) is 1. The van der Waals surface area contributed by atoms with E-state index in [1.165, 1.54) is 11.2 Å². The van der Waals surface area contributed by atoms with E-state index in [4.69, 9.17) is 4.52 Å². The molecule has 0 aliphatic carbocycles. The van der Waals surface area contributed by atoms with E-state index in [-0.39, 0.29) is 12.1 Å². The molecule has 0 bridgehead atoms. The van der Waals surface area contributed by atoms with Crippen molar-refractivity contribution in [3.8, 4) is 11.3 Å². The van der Waals surface area contributed by atoms with Crippen LogP contribution in [0.5, 0.6) is 0 Å². The lowest BCUT2D eigenvalue weighted by molar-refractivity contribution is 0.197. The van der Waals surface area contributed by atoms with Crippen LogP contribution in [0.4, 0.5) is 4.79 Å². The van der Waals surface area contributed by atoms with Crippen LogP contribution in [0, 0.1) is 0 Å². The van der Waals surface area contributed by atoms with Crippen molar-refractivity contribution in [2.24, 2.45) is 0 Å². The molecule has 1 N–H and O–H groups in total. The highest BCUT2D eigenvalue weighted by Gasteiger charge is 2.18. The Morgan fingerprint density at radius 3 is 2.88 bits per heavy atom. The highest BCUT2D eigenvalue weighted by atomic mass is 16.5. The molecule has 0 aliphatic heterocycles. The summed E-state index contributed by atoms with van der Waals surface area (Å²) in [6.45, 7) is 4.85. The molecule has 0 radical (unpaired) electrons. The third-order valence-electron chi connectivity index (χ3n) is 3.95. The van der Waals surface area contributed by atoms with Gasteiger partial charge in [0.15, 0.2) is 5.76 Å². The predicted molar refractivity (Wildman–Crippen MR) is 93.8 cm³/mol. The molecule has 9 nitrogen and oxygen atoms in total. The number of pyridine rings is 1. The van der Waals surface area contributed by atoms with Crippen LogP contribution in [0.3, 0.4) is 0 Å². The van der Waals surface area contributed by atoms with E-state index in [1.807, 2.05) is 32.0 Å². The molecule has 3 rings (SSSR count). The standard InChI is InChI=1S/C17H21N7O2/c1-4-24-16(19-11-20-24)12(2)21-17(25)23(3)10-14-9-15(22-26-14)13-5-7-18-8-6-13/h5-9,11-12H,4,10H2,1-3H3,(H,21,25)/t12-/m0/s1. The second-order valence-electron chi connectivity index (χ2n) is 5.88. The first-order valence-corrected chi connectivity index (χ1v) is 8.33. The van der Waals surface area contributed by atoms with E-state index in [2.05, 4.69) is 25.5 Å². The monoisotopic (exact) mass is 355 g/mol. The number of carbonyl (C=O) groups is 1. The lowest BCUT2D eigenvalue weighted by Crippen LogP contribution is -2.38. The number of aromatic nitrogens is 5. The smallest absolute Gasteiger partial charge is 0.318 e. The largest absolute Gasteiger partial charge is 0.359 e. The van der Waals surface area contributed by atoms with Crippen molar-refractivity contribution in [3.05, 3.63) is 48.5 Å². The number of nitrogens with zero attached hydrogens (tertiary/aromatic N) is 6. The summed E-state index contributed by atoms with van der Waals surface area (Å²) >= 11 is 0. The van der Waals surface area contributed by atoms with Crippen LogP contribution in [0.1, 0.15) is 31.5 Å². The summed E-state index contributed by atoms with van der Waals surface area (Å²) in [7, 11) is 1.70. The van der Waals surface area contributed by atoms with Crippen molar-refractivity contribution in [1.82, 2.24) is 35.1 Å². The average molecular weight is 355 g/mol. The topological polar surface area (TPSA) is 102 Å². The highest BCUT2D eigenvalue weighted by Crippen LogP contribution is 2.19. The summed E-state index contributed by atoms with van der Waals surface area (Å²) in [4.78, 5) is 22.1. The molecule has 2 amide bonds. The summed E-state index contributed by atoms with van der Waals surface area (Å²) in [6, 6.07) is 5.03. The normalized spacial score (nSPS) is 12.0. The van der Waals surface area contributed by atoms with E-state index in [1.54, 1.807) is 24.1 Å². The Balaban J connectivity index is 1.60. The van der Waals surface area contributed by atoms with Crippen LogP contribution in [-0.4, -0.2) is 42.9 Å². The van der Waals surface area contributed by atoms with E-state index in [0.29, 0.717) is 30.4 Å². The fourth-order valence-electron chi connectivity index (χ4n) is 2.56. The van der Waals surface area contributed by atoms with Crippen LogP contribution in [0.15, 0.2) is 41.4 Å². The first-order chi connectivity index (χ1) is 12.6. The Kier molecular flexibility index (Phi) is 5.26. The summed E-state index contributed by atoms with van der Waals surface area (Å²) in [6.07, 6.45) is 4.87. The third-order valence-corrected chi connectivity index (χ3v) is 3.95. The molecular weight excluding hydrogens is 334 g/mol. The fourth-order valence-corrected chi connectivity index (χ4v) is 2.56. The maximum absolute atomic E-state index is 12.4. The molecule has 0 aromatic carbocycles. The SMILES string of the molecule is CCn1ncnc1[C@H](C)NC(=O)N(C)Cc1cc(-c2ccncc2)no1. The van der Waals surface area contributed by atoms with E-state index >= 15 is 0 Å². The fraction of sp³-hybridized carbons (Fsp3) is 0.353. The maximum Gasteiger partial charge on any atom is 0.318 e. The number of hydrogen-bond acceptors (Lipinski definition) is 6. The summed E-state index contributed by atoms with van der Waals surface area (Å²) in [5.41, 5.74) is 1.62. The molecule has 0 saturated carbocycles. The van der Waals surface area contributed by atoms with E-state index in [0.717, 1.165) is 5.56 Å². The van der Waals surface area contributed by atoms with Gasteiger partial charge in [-0.15, -0.1) is 0 Å². The van der Waals surface area contributed by atoms with Crippen molar-refractivity contribution in [1.29, 1.82) is 0 Å². The number of hydrogen-bond donors (Lipinski definition) is 1. The lowest BCUT2D eigenvalue weighted by atomic mass is 10.2. The quantitative estimate of drug-likeness (QED) is 0.727. The second kappa shape index (κ2) is 7.77. The van der Waals surface area contributed by atoms with Crippen molar-refractivity contribution < 1.29 is 9.32 Å². The van der Waals surface area contributed by atoms with Gasteiger partial charge in [0.25, 0.3) is 0 Å². The predicted octanol–water partition coefficient (Wildman–Crippen LogP) is 2.25. The van der Waals surface area contributed by atoms with Crippen LogP contribution in [0.25, 0.3) is 11.3 Å². The van der Waals surface area contributed by atoms with Gasteiger partial charge >= 0.3 is 6.03 Å². The Bertz CT molecular complexity index is 859. The first kappa shape index (κ1) is 17.6. The molecule has 0 unspecified atom stereocenters. The maximum atomic E-state index is 12.4. The van der Waals surface area contributed by atoms with Gasteiger partial charge in [0, 0.05) is 37.6 Å². The minimum atomic E-state index is -0.255. The van der Waals surface area contributed by atoms with Crippen LogP contribution in [-0.2, 0) is 13.1 Å². The molecule has 0 fully saturated rings. The molecule has 3 heterocycles. The Morgan fingerprint density at radius 2 is 2.15 bits per heavy atom. The number of amides is 2. The molecule has 3 aromatic rings. The molecule has 0 saturated heterocycles. The van der Waals surface area contributed by atoms with E-state index in [9.17, 15) is 4.79 Å². The number of aryl methyl sites for hydroxylation is 1. The number of carbonyl (C=O) groups excluding carboxylic acids is 1. The second-order valence-corrected chi connectivity index (χ2v) is 5.88. The van der Waals surface area contributed by atoms with Gasteiger partial charge in [-0.25, -0.2) is 14.5 Å². The van der Waals surface area contributed by atoms with Gasteiger partial charge < -0.3 is 14.7 Å². The number of rotatable bonds is 6. The highest BCUT2D eigenvalue weighted by molar-refractivity contribution is 5.74. The zero-order valence-electron chi connectivity index (χ0n) is 15.0. The average Bonchev–Trinajstić information content (AvgIpc) is 3.31. The molecule has 3 aromatic heterocycles. The number of urea groups is 1. The minimum Gasteiger partial charge on any atom is -0.359 e. The Hall–Kier alpha value is -3.23. The van der Waals surface area contributed by atoms with Crippen LogP contribution in [0.2, 0.25) is 0 Å². The molecular formula is C17H21N7O2. The van der Waals surface area contributed by atoms with Crippen molar-refractivity contribution >= 4 is 6.03 Å². The van der Waals surface area contributed by atoms with Gasteiger partial charge in [0.05, 0.1) is 12.6 Å². The van der Waals surface area contributed by atoms with E-state index < -0.39 is 0 Å². The van der Waals surface area contributed by atoms with Crippen molar-refractivity contribution in [3.63, 3.8) is 0 Å². The Labute approximate surface area is 151 Å². The van der Waals surface area contributed by atoms with Crippen molar-refractivity contribution in [2.75, 3.05) is 7.05 Å². The van der Waals surface area contributed by atoms with Crippen molar-refractivity contribution in [2.45, 2.75) is 33.0 Å². The van der Waals surface area contributed by atoms with Gasteiger partial charge in [0.1, 0.15) is 17.8 Å². The van der Waals surface area contributed by atoms with Crippen LogP contribution >= 0.6 is 0 Å². The third kappa shape index (κ3) is 3.88. The summed E-state index contributed by atoms with van der Waals surface area (Å²) in [5, 5.41) is 11.1. The lowest BCUT2D eigenvalue weighted by Gasteiger charge is -2.20. The zero-order valence-corrected chi connectivity index (χ0v) is 15.0. The minimum absolute atomic E-state index is 0.231. The van der Waals surface area contributed by atoms with Gasteiger partial charge in [-0.1, -0.05) is 5.16 Å². The molecule has 0 aliphatic rings. The molecule has 1 atom stereocenters.